The summed E-state index contributed by atoms with van der Waals surface area (Å²) in [6, 6.07) is 9.96. The molecule has 0 fully saturated rings. The average Bonchev–Trinajstić information content (AvgIpc) is 2.36. The SMILES string of the molecule is OC(c1cccc(OC(F)(F)F)c1)c1ccc(Cl)cc1Br. The van der Waals surface area contributed by atoms with Gasteiger partial charge in [-0.2, -0.15) is 0 Å². The van der Waals surface area contributed by atoms with Gasteiger partial charge in [-0.1, -0.05) is 45.7 Å². The number of aliphatic hydroxyl groups is 1. The molecule has 1 N–H and O–H groups in total. The van der Waals surface area contributed by atoms with Crippen molar-refractivity contribution in [2.45, 2.75) is 12.5 Å². The molecule has 112 valence electrons. The number of rotatable bonds is 3. The zero-order valence-electron chi connectivity index (χ0n) is 10.4. The lowest BCUT2D eigenvalue weighted by Crippen LogP contribution is -2.17. The Morgan fingerprint density at radius 2 is 1.86 bits per heavy atom. The highest BCUT2D eigenvalue weighted by Crippen LogP contribution is 2.32. The Hall–Kier alpha value is -1.24. The summed E-state index contributed by atoms with van der Waals surface area (Å²) in [4.78, 5) is 0. The molecule has 2 aromatic carbocycles. The van der Waals surface area contributed by atoms with Gasteiger partial charge in [-0.25, -0.2) is 0 Å². The molecule has 0 aromatic heterocycles. The molecular weight excluding hydrogens is 373 g/mol. The van der Waals surface area contributed by atoms with Gasteiger partial charge in [0.15, 0.2) is 0 Å². The minimum atomic E-state index is -4.77. The van der Waals surface area contributed by atoms with Crippen molar-refractivity contribution in [2.75, 3.05) is 0 Å². The first-order valence-electron chi connectivity index (χ1n) is 5.75. The number of benzene rings is 2. The Bertz CT molecular complexity index is 646. The van der Waals surface area contributed by atoms with Gasteiger partial charge in [-0.3, -0.25) is 0 Å². The molecule has 1 atom stereocenters. The maximum absolute atomic E-state index is 12.2. The molecule has 0 spiro atoms. The monoisotopic (exact) mass is 380 g/mol. The largest absolute Gasteiger partial charge is 0.573 e. The fourth-order valence-corrected chi connectivity index (χ4v) is 2.68. The van der Waals surface area contributed by atoms with Crippen molar-refractivity contribution in [3.63, 3.8) is 0 Å². The lowest BCUT2D eigenvalue weighted by molar-refractivity contribution is -0.274. The van der Waals surface area contributed by atoms with Crippen molar-refractivity contribution in [3.05, 3.63) is 63.1 Å². The van der Waals surface area contributed by atoms with E-state index < -0.39 is 12.5 Å². The van der Waals surface area contributed by atoms with Gasteiger partial charge < -0.3 is 9.84 Å². The zero-order valence-corrected chi connectivity index (χ0v) is 12.7. The van der Waals surface area contributed by atoms with Crippen LogP contribution in [0.5, 0.6) is 5.75 Å². The second-order valence-corrected chi connectivity index (χ2v) is 5.48. The predicted molar refractivity (Wildman–Crippen MR) is 76.3 cm³/mol. The molecule has 0 saturated carbocycles. The lowest BCUT2D eigenvalue weighted by Gasteiger charge is -2.15. The van der Waals surface area contributed by atoms with E-state index in [0.717, 1.165) is 6.07 Å². The Labute approximate surface area is 132 Å². The molecule has 7 heteroatoms. The summed E-state index contributed by atoms with van der Waals surface area (Å²) in [6.07, 6.45) is -5.88. The van der Waals surface area contributed by atoms with Crippen LogP contribution in [-0.2, 0) is 0 Å². The van der Waals surface area contributed by atoms with Crippen molar-refractivity contribution in [1.82, 2.24) is 0 Å². The van der Waals surface area contributed by atoms with Crippen LogP contribution in [0.25, 0.3) is 0 Å². The third kappa shape index (κ3) is 4.36. The van der Waals surface area contributed by atoms with Crippen LogP contribution in [0, 0.1) is 0 Å². The number of hydrogen-bond acceptors (Lipinski definition) is 2. The Balaban J connectivity index is 2.31. The van der Waals surface area contributed by atoms with Gasteiger partial charge in [0.05, 0.1) is 0 Å². The molecular formula is C14H9BrClF3O2. The second kappa shape index (κ2) is 6.25. The van der Waals surface area contributed by atoms with Crippen LogP contribution in [0.15, 0.2) is 46.9 Å². The number of ether oxygens (including phenoxy) is 1. The van der Waals surface area contributed by atoms with Crippen molar-refractivity contribution < 1.29 is 23.0 Å². The third-order valence-electron chi connectivity index (χ3n) is 2.66. The van der Waals surface area contributed by atoms with E-state index >= 15 is 0 Å². The summed E-state index contributed by atoms with van der Waals surface area (Å²) in [5.74, 6) is -0.385. The van der Waals surface area contributed by atoms with Crippen LogP contribution in [0.3, 0.4) is 0 Å². The average molecular weight is 382 g/mol. The number of alkyl halides is 3. The maximum Gasteiger partial charge on any atom is 0.573 e. The van der Waals surface area contributed by atoms with Gasteiger partial charge in [0.1, 0.15) is 11.9 Å². The van der Waals surface area contributed by atoms with E-state index in [2.05, 4.69) is 20.7 Å². The van der Waals surface area contributed by atoms with Crippen LogP contribution < -0.4 is 4.74 Å². The van der Waals surface area contributed by atoms with Gasteiger partial charge >= 0.3 is 6.36 Å². The normalized spacial score (nSPS) is 13.0. The highest BCUT2D eigenvalue weighted by atomic mass is 79.9. The van der Waals surface area contributed by atoms with E-state index in [1.807, 2.05) is 0 Å². The Morgan fingerprint density at radius 1 is 1.14 bits per heavy atom. The fraction of sp³-hybridized carbons (Fsp3) is 0.143. The molecule has 0 heterocycles. The topological polar surface area (TPSA) is 29.5 Å². The molecule has 2 nitrogen and oxygen atoms in total. The maximum atomic E-state index is 12.2. The molecule has 0 radical (unpaired) electrons. The summed E-state index contributed by atoms with van der Waals surface area (Å²) in [7, 11) is 0. The molecule has 0 amide bonds. The van der Waals surface area contributed by atoms with Crippen LogP contribution >= 0.6 is 27.5 Å². The smallest absolute Gasteiger partial charge is 0.406 e. The summed E-state index contributed by atoms with van der Waals surface area (Å²) in [6.45, 7) is 0. The van der Waals surface area contributed by atoms with E-state index in [1.165, 1.54) is 18.2 Å². The first-order valence-corrected chi connectivity index (χ1v) is 6.92. The Morgan fingerprint density at radius 3 is 2.48 bits per heavy atom. The lowest BCUT2D eigenvalue weighted by atomic mass is 10.0. The minimum absolute atomic E-state index is 0.278. The third-order valence-corrected chi connectivity index (χ3v) is 3.59. The van der Waals surface area contributed by atoms with E-state index in [4.69, 9.17) is 11.6 Å². The van der Waals surface area contributed by atoms with E-state index in [9.17, 15) is 18.3 Å². The number of aliphatic hydroxyl groups excluding tert-OH is 1. The summed E-state index contributed by atoms with van der Waals surface area (Å²) in [5.41, 5.74) is 0.767. The highest BCUT2D eigenvalue weighted by molar-refractivity contribution is 9.10. The van der Waals surface area contributed by atoms with Crippen molar-refractivity contribution in [3.8, 4) is 5.75 Å². The molecule has 1 unspecified atom stereocenters. The van der Waals surface area contributed by atoms with Crippen LogP contribution in [0.4, 0.5) is 13.2 Å². The molecule has 2 rings (SSSR count). The van der Waals surface area contributed by atoms with Crippen LogP contribution in [0.2, 0.25) is 5.02 Å². The standard InChI is InChI=1S/C14H9BrClF3O2/c15-12-7-9(16)4-5-11(12)13(20)8-2-1-3-10(6-8)21-14(17,18)19/h1-7,13,20H. The number of hydrogen-bond donors (Lipinski definition) is 1. The number of halogens is 5. The van der Waals surface area contributed by atoms with Gasteiger partial charge in [0.2, 0.25) is 0 Å². The first kappa shape index (κ1) is 16.1. The van der Waals surface area contributed by atoms with E-state index in [0.29, 0.717) is 15.1 Å². The fourth-order valence-electron chi connectivity index (χ4n) is 1.78. The summed E-state index contributed by atoms with van der Waals surface area (Å²) in [5, 5.41) is 10.8. The predicted octanol–water partition coefficient (Wildman–Crippen LogP) is 5.08. The molecule has 0 saturated heterocycles. The zero-order chi connectivity index (χ0) is 15.6. The molecule has 21 heavy (non-hydrogen) atoms. The van der Waals surface area contributed by atoms with Crippen molar-refractivity contribution in [1.29, 1.82) is 0 Å². The minimum Gasteiger partial charge on any atom is -0.406 e. The van der Waals surface area contributed by atoms with E-state index in [1.54, 1.807) is 18.2 Å². The van der Waals surface area contributed by atoms with Crippen molar-refractivity contribution in [2.24, 2.45) is 0 Å². The van der Waals surface area contributed by atoms with Gasteiger partial charge in [-0.05, 0) is 35.4 Å². The quantitative estimate of drug-likeness (QED) is 0.803. The highest BCUT2D eigenvalue weighted by Gasteiger charge is 2.31. The van der Waals surface area contributed by atoms with Crippen LogP contribution in [-0.4, -0.2) is 11.5 Å². The molecule has 0 aliphatic rings. The molecule has 0 aliphatic carbocycles. The summed E-state index contributed by atoms with van der Waals surface area (Å²) >= 11 is 9.07. The van der Waals surface area contributed by atoms with Gasteiger partial charge in [0, 0.05) is 9.50 Å². The molecule has 2 aromatic rings. The first-order chi connectivity index (χ1) is 9.76. The van der Waals surface area contributed by atoms with Gasteiger partial charge in [0.25, 0.3) is 0 Å². The van der Waals surface area contributed by atoms with Crippen molar-refractivity contribution >= 4 is 27.5 Å². The second-order valence-electron chi connectivity index (χ2n) is 4.19. The van der Waals surface area contributed by atoms with Crippen LogP contribution in [0.1, 0.15) is 17.2 Å². The van der Waals surface area contributed by atoms with E-state index in [-0.39, 0.29) is 11.3 Å². The summed E-state index contributed by atoms with van der Waals surface area (Å²) < 4.78 is 41.0. The molecule has 0 bridgehead atoms. The van der Waals surface area contributed by atoms with Gasteiger partial charge in [-0.15, -0.1) is 13.2 Å². The Kier molecular flexibility index (Phi) is 4.81. The molecule has 0 aliphatic heterocycles.